The van der Waals surface area contributed by atoms with E-state index in [0.717, 1.165) is 11.0 Å². The molecule has 0 saturated heterocycles. The molecule has 0 spiro atoms. The van der Waals surface area contributed by atoms with E-state index in [1.54, 1.807) is 45.5 Å². The number of fused-ring (bicyclic) bond motifs is 2. The van der Waals surface area contributed by atoms with E-state index in [1.165, 1.54) is 14.2 Å². The van der Waals surface area contributed by atoms with Crippen LogP contribution >= 0.6 is 0 Å². The van der Waals surface area contributed by atoms with Crippen LogP contribution in [0.4, 0.5) is 11.4 Å². The number of aromatic nitrogens is 2. The monoisotopic (exact) mass is 534 g/mol. The number of methoxy groups -OCH3 is 2. The Hall–Kier alpha value is -4.74. The highest BCUT2D eigenvalue weighted by Gasteiger charge is 2.18. The lowest BCUT2D eigenvalue weighted by Crippen LogP contribution is -1.97. The zero-order chi connectivity index (χ0) is 28.1. The minimum absolute atomic E-state index is 0.0428. The van der Waals surface area contributed by atoms with Gasteiger partial charge in [0.15, 0.2) is 11.4 Å². The average molecular weight is 535 g/mol. The molecular weight excluding hydrogens is 504 g/mol. The molecule has 2 aromatic heterocycles. The normalized spacial score (nSPS) is 11.8. The number of rotatable bonds is 10. The number of hydrogen-bond acceptors (Lipinski definition) is 8. The van der Waals surface area contributed by atoms with Gasteiger partial charge in [-0.15, -0.1) is 20.5 Å². The van der Waals surface area contributed by atoms with Crippen molar-refractivity contribution in [2.24, 2.45) is 20.5 Å². The van der Waals surface area contributed by atoms with Crippen LogP contribution < -0.4 is 9.47 Å². The molecule has 4 rings (SSSR count). The fourth-order valence-electron chi connectivity index (χ4n) is 4.40. The number of carbonyl (C=O) groups is 2. The molecule has 12 heteroatoms. The first-order chi connectivity index (χ1) is 18.8. The number of azo groups is 2. The van der Waals surface area contributed by atoms with Gasteiger partial charge in [-0.2, -0.15) is 0 Å². The van der Waals surface area contributed by atoms with Gasteiger partial charge in [0.1, 0.15) is 11.5 Å². The molecular formula is C27H30N6O6. The Labute approximate surface area is 224 Å². The van der Waals surface area contributed by atoms with E-state index in [9.17, 15) is 19.8 Å². The Bertz CT molecular complexity index is 1480. The molecule has 0 aliphatic heterocycles. The highest BCUT2D eigenvalue weighted by molar-refractivity contribution is 5.97. The molecule has 2 heterocycles. The zero-order valence-electron chi connectivity index (χ0n) is 22.2. The zero-order valence-corrected chi connectivity index (χ0v) is 22.2. The van der Waals surface area contributed by atoms with Crippen LogP contribution in [0, 0.1) is 0 Å². The molecule has 2 aromatic carbocycles. The van der Waals surface area contributed by atoms with Gasteiger partial charge in [-0.3, -0.25) is 9.59 Å². The summed E-state index contributed by atoms with van der Waals surface area (Å²) in [5, 5.41) is 37.8. The van der Waals surface area contributed by atoms with Crippen molar-refractivity contribution in [1.82, 2.24) is 9.13 Å². The molecule has 0 radical (unpaired) electrons. The molecule has 0 atom stereocenters. The van der Waals surface area contributed by atoms with Gasteiger partial charge in [0, 0.05) is 36.7 Å². The summed E-state index contributed by atoms with van der Waals surface area (Å²) in [4.78, 5) is 24.6. The van der Waals surface area contributed by atoms with E-state index < -0.39 is 11.8 Å². The van der Waals surface area contributed by atoms with Gasteiger partial charge in [-0.25, -0.2) is 0 Å². The van der Waals surface area contributed by atoms with E-state index in [0.29, 0.717) is 35.4 Å². The third kappa shape index (κ3) is 5.44. The number of benzene rings is 2. The van der Waals surface area contributed by atoms with Gasteiger partial charge in [0.2, 0.25) is 11.8 Å². The number of hydrogen-bond donors (Lipinski definition) is 2. The van der Waals surface area contributed by atoms with Gasteiger partial charge in [-0.05, 0) is 56.7 Å². The van der Waals surface area contributed by atoms with Crippen LogP contribution in [0.15, 0.2) is 56.9 Å². The van der Waals surface area contributed by atoms with Crippen molar-refractivity contribution in [2.45, 2.75) is 46.2 Å². The Morgan fingerprint density at radius 1 is 0.744 bits per heavy atom. The van der Waals surface area contributed by atoms with Crippen molar-refractivity contribution in [3.63, 3.8) is 0 Å². The van der Waals surface area contributed by atoms with Crippen molar-refractivity contribution in [3.8, 4) is 23.3 Å². The second-order valence-corrected chi connectivity index (χ2v) is 8.64. The second kappa shape index (κ2) is 11.8. The van der Waals surface area contributed by atoms with Crippen molar-refractivity contribution >= 4 is 45.0 Å². The standard InChI is InChI=1S/C27H30N6O6/c1-5-32-20-12-10-16(38-3)14-18(20)24(26(32)36)30-28-22(34)8-7-9-23(35)29-31-25-19-15-17(39-4)11-13-21(19)33(6-2)27(25)37/h10-15,36-37H,5-9H2,1-4H3. The van der Waals surface area contributed by atoms with Crippen LogP contribution in [0.3, 0.4) is 0 Å². The predicted molar refractivity (Wildman–Crippen MR) is 145 cm³/mol. The number of aryl methyl sites for hydroxylation is 2. The molecule has 12 nitrogen and oxygen atoms in total. The van der Waals surface area contributed by atoms with Gasteiger partial charge >= 0.3 is 0 Å². The molecule has 0 saturated carbocycles. The van der Waals surface area contributed by atoms with Crippen LogP contribution in [0.2, 0.25) is 0 Å². The minimum Gasteiger partial charge on any atom is -0.497 e. The van der Waals surface area contributed by atoms with Gasteiger partial charge in [0.25, 0.3) is 11.8 Å². The Balaban J connectivity index is 1.41. The Morgan fingerprint density at radius 3 is 1.51 bits per heavy atom. The summed E-state index contributed by atoms with van der Waals surface area (Å²) in [6.45, 7) is 4.76. The van der Waals surface area contributed by atoms with Crippen LogP contribution in [-0.2, 0) is 22.7 Å². The molecule has 2 N–H and O–H groups in total. The lowest BCUT2D eigenvalue weighted by atomic mass is 10.2. The summed E-state index contributed by atoms with van der Waals surface area (Å²) in [5.41, 5.74) is 1.82. The SMILES string of the molecule is CCn1c(O)c(N=NC(=O)CCCC(=O)N=Nc2c(O)n(CC)c3ccc(OC)cc23)c2cc(OC)ccc21. The summed E-state index contributed by atoms with van der Waals surface area (Å²) in [6, 6.07) is 10.6. The number of aromatic hydroxyl groups is 2. The first-order valence-electron chi connectivity index (χ1n) is 12.5. The van der Waals surface area contributed by atoms with Crippen LogP contribution in [0.25, 0.3) is 21.8 Å². The van der Waals surface area contributed by atoms with Crippen molar-refractivity contribution in [3.05, 3.63) is 36.4 Å². The van der Waals surface area contributed by atoms with Crippen molar-refractivity contribution in [2.75, 3.05) is 14.2 Å². The topological polar surface area (TPSA) is 152 Å². The highest BCUT2D eigenvalue weighted by atomic mass is 16.5. The maximum atomic E-state index is 12.3. The van der Waals surface area contributed by atoms with Gasteiger partial charge in [-0.1, -0.05) is 0 Å². The average Bonchev–Trinajstić information content (AvgIpc) is 3.37. The maximum absolute atomic E-state index is 12.3. The van der Waals surface area contributed by atoms with Gasteiger partial charge < -0.3 is 28.8 Å². The first kappa shape index (κ1) is 27.3. The van der Waals surface area contributed by atoms with E-state index in [-0.39, 0.29) is 42.4 Å². The lowest BCUT2D eigenvalue weighted by Gasteiger charge is -2.02. The Kier molecular flexibility index (Phi) is 8.23. The Morgan fingerprint density at radius 2 is 1.15 bits per heavy atom. The van der Waals surface area contributed by atoms with Crippen molar-refractivity contribution < 1.29 is 29.3 Å². The molecule has 2 amide bonds. The number of ether oxygens (including phenoxy) is 2. The summed E-state index contributed by atoms with van der Waals surface area (Å²) in [6.07, 6.45) is 0.0977. The molecule has 0 unspecified atom stereocenters. The maximum Gasteiger partial charge on any atom is 0.264 e. The minimum atomic E-state index is -0.546. The molecule has 39 heavy (non-hydrogen) atoms. The summed E-state index contributed by atoms with van der Waals surface area (Å²) >= 11 is 0. The van der Waals surface area contributed by atoms with Crippen molar-refractivity contribution in [1.29, 1.82) is 0 Å². The predicted octanol–water partition coefficient (Wildman–Crippen LogP) is 6.16. The number of amides is 2. The summed E-state index contributed by atoms with van der Waals surface area (Å²) < 4.78 is 13.8. The fraction of sp³-hybridized carbons (Fsp3) is 0.333. The van der Waals surface area contributed by atoms with Crippen LogP contribution in [-0.4, -0.2) is 45.4 Å². The molecule has 4 aromatic rings. The van der Waals surface area contributed by atoms with E-state index in [4.69, 9.17) is 9.47 Å². The molecule has 204 valence electrons. The van der Waals surface area contributed by atoms with Crippen LogP contribution in [0.1, 0.15) is 33.1 Å². The summed E-state index contributed by atoms with van der Waals surface area (Å²) in [7, 11) is 3.07. The van der Waals surface area contributed by atoms with E-state index in [1.807, 2.05) is 13.8 Å². The lowest BCUT2D eigenvalue weighted by molar-refractivity contribution is -0.119. The largest absolute Gasteiger partial charge is 0.497 e. The molecule has 0 bridgehead atoms. The smallest absolute Gasteiger partial charge is 0.264 e. The highest BCUT2D eigenvalue weighted by Crippen LogP contribution is 2.41. The molecule has 0 fully saturated rings. The van der Waals surface area contributed by atoms with Gasteiger partial charge in [0.05, 0.1) is 25.3 Å². The molecule has 0 aliphatic rings. The van der Waals surface area contributed by atoms with E-state index >= 15 is 0 Å². The second-order valence-electron chi connectivity index (χ2n) is 8.64. The number of carbonyl (C=O) groups excluding carboxylic acids is 2. The first-order valence-corrected chi connectivity index (χ1v) is 12.5. The summed E-state index contributed by atoms with van der Waals surface area (Å²) in [5.74, 6) is -0.127. The fourth-order valence-corrected chi connectivity index (χ4v) is 4.40. The quantitative estimate of drug-likeness (QED) is 0.233. The molecule has 0 aliphatic carbocycles. The van der Waals surface area contributed by atoms with E-state index in [2.05, 4.69) is 20.5 Å². The third-order valence-corrected chi connectivity index (χ3v) is 6.37. The van der Waals surface area contributed by atoms with Crippen LogP contribution in [0.5, 0.6) is 23.3 Å². The number of nitrogens with zero attached hydrogens (tertiary/aromatic N) is 6. The third-order valence-electron chi connectivity index (χ3n) is 6.37.